The van der Waals surface area contributed by atoms with Crippen molar-refractivity contribution in [2.24, 2.45) is 0 Å². The Morgan fingerprint density at radius 2 is 2.06 bits per heavy atom. The smallest absolute Gasteiger partial charge is 0.337 e. The van der Waals surface area contributed by atoms with Crippen LogP contribution in [0.5, 0.6) is 0 Å². The molecular formula is C25H33N5O5S. The number of nitrogens with zero attached hydrogens (tertiary/aromatic N) is 3. The molecule has 36 heavy (non-hydrogen) atoms. The summed E-state index contributed by atoms with van der Waals surface area (Å²) in [6, 6.07) is 6.81. The molecule has 3 aromatic rings. The number of carbonyl (C=O) groups is 1. The van der Waals surface area contributed by atoms with Gasteiger partial charge >= 0.3 is 5.97 Å². The number of aromatic nitrogens is 3. The molecule has 1 fully saturated rings. The molecular weight excluding hydrogens is 482 g/mol. The molecule has 194 valence electrons. The summed E-state index contributed by atoms with van der Waals surface area (Å²) in [6.07, 6.45) is 5.56. The number of hydrogen-bond acceptors (Lipinski definition) is 6. The lowest BCUT2D eigenvalue weighted by Crippen LogP contribution is -2.33. The van der Waals surface area contributed by atoms with Crippen molar-refractivity contribution in [3.63, 3.8) is 0 Å². The third kappa shape index (κ3) is 5.31. The van der Waals surface area contributed by atoms with Gasteiger partial charge in [0.1, 0.15) is 5.65 Å². The van der Waals surface area contributed by atoms with Gasteiger partial charge in [-0.2, -0.15) is 9.61 Å². The highest BCUT2D eigenvalue weighted by Crippen LogP contribution is 2.26. The first kappa shape index (κ1) is 25.9. The van der Waals surface area contributed by atoms with E-state index in [2.05, 4.69) is 15.4 Å². The van der Waals surface area contributed by atoms with Crippen molar-refractivity contribution in [3.05, 3.63) is 62.7 Å². The topological polar surface area (TPSA) is 137 Å². The van der Waals surface area contributed by atoms with E-state index in [-0.39, 0.29) is 29.4 Å². The second-order valence-corrected chi connectivity index (χ2v) is 11.3. The first-order valence-electron chi connectivity index (χ1n) is 12.3. The number of benzene rings is 1. The van der Waals surface area contributed by atoms with Gasteiger partial charge < -0.3 is 15.4 Å². The highest BCUT2D eigenvalue weighted by molar-refractivity contribution is 7.92. The number of carboxylic acids is 1. The number of carboxylic acid groups (broad SMARTS) is 1. The predicted molar refractivity (Wildman–Crippen MR) is 138 cm³/mol. The Labute approximate surface area is 210 Å². The molecule has 0 aliphatic carbocycles. The average molecular weight is 516 g/mol. The normalized spacial score (nSPS) is 16.4. The molecule has 4 rings (SSSR count). The Morgan fingerprint density at radius 1 is 1.28 bits per heavy atom. The van der Waals surface area contributed by atoms with Gasteiger partial charge in [-0.15, -0.1) is 0 Å². The van der Waals surface area contributed by atoms with Crippen LogP contribution in [0.3, 0.4) is 0 Å². The maximum absolute atomic E-state index is 13.3. The molecule has 10 nitrogen and oxygen atoms in total. The molecule has 1 aromatic carbocycles. The van der Waals surface area contributed by atoms with Crippen molar-refractivity contribution in [2.75, 3.05) is 23.7 Å². The summed E-state index contributed by atoms with van der Waals surface area (Å²) >= 11 is 0. The van der Waals surface area contributed by atoms with Crippen LogP contribution < -0.4 is 15.2 Å². The SMILES string of the molecule is CCc1ccc(N(CCCc2c(C)[nH]c3cc([C@@H]4CCCCN4)nn3c2=O)S(C)(=O)=O)c(C(=O)O)c1. The Hall–Kier alpha value is -3.18. The van der Waals surface area contributed by atoms with Gasteiger partial charge in [-0.05, 0) is 63.3 Å². The van der Waals surface area contributed by atoms with Gasteiger partial charge in [0.05, 0.1) is 29.2 Å². The summed E-state index contributed by atoms with van der Waals surface area (Å²) in [5.41, 5.74) is 3.34. The second kappa shape index (κ2) is 10.4. The Kier molecular flexibility index (Phi) is 7.51. The van der Waals surface area contributed by atoms with Crippen LogP contribution in [0.4, 0.5) is 5.69 Å². The quantitative estimate of drug-likeness (QED) is 0.398. The molecule has 0 amide bonds. The van der Waals surface area contributed by atoms with Gasteiger partial charge in [-0.3, -0.25) is 9.10 Å². The van der Waals surface area contributed by atoms with Gasteiger partial charge in [0, 0.05) is 23.9 Å². The molecule has 1 aliphatic heterocycles. The number of sulfonamides is 1. The summed E-state index contributed by atoms with van der Waals surface area (Å²) in [6.45, 7) is 4.69. The molecule has 3 heterocycles. The molecule has 0 saturated carbocycles. The molecule has 1 aliphatic rings. The third-order valence-electron chi connectivity index (χ3n) is 6.77. The lowest BCUT2D eigenvalue weighted by atomic mass is 10.0. The van der Waals surface area contributed by atoms with Crippen molar-refractivity contribution in [2.45, 2.75) is 58.4 Å². The van der Waals surface area contributed by atoms with E-state index in [4.69, 9.17) is 0 Å². The monoisotopic (exact) mass is 515 g/mol. The van der Waals surface area contributed by atoms with Gasteiger partial charge in [0.2, 0.25) is 10.0 Å². The van der Waals surface area contributed by atoms with Crippen LogP contribution in [0.15, 0.2) is 29.1 Å². The minimum absolute atomic E-state index is 0.0395. The fraction of sp³-hybridized carbons (Fsp3) is 0.480. The van der Waals surface area contributed by atoms with Crippen molar-refractivity contribution in [3.8, 4) is 0 Å². The number of hydrogen-bond donors (Lipinski definition) is 3. The molecule has 11 heteroatoms. The molecule has 2 aromatic heterocycles. The number of rotatable bonds is 9. The summed E-state index contributed by atoms with van der Waals surface area (Å²) in [4.78, 5) is 28.4. The molecule has 0 bridgehead atoms. The number of anilines is 1. The van der Waals surface area contributed by atoms with Gasteiger partial charge in [0.15, 0.2) is 0 Å². The van der Waals surface area contributed by atoms with Crippen molar-refractivity contribution in [1.82, 2.24) is 19.9 Å². The van der Waals surface area contributed by atoms with Crippen LogP contribution in [0.25, 0.3) is 5.65 Å². The molecule has 1 atom stereocenters. The van der Waals surface area contributed by atoms with E-state index in [0.29, 0.717) is 36.2 Å². The molecule has 3 N–H and O–H groups in total. The zero-order chi connectivity index (χ0) is 26.0. The van der Waals surface area contributed by atoms with Crippen molar-refractivity contribution < 1.29 is 18.3 Å². The van der Waals surface area contributed by atoms with Crippen LogP contribution in [0.1, 0.15) is 71.5 Å². The van der Waals surface area contributed by atoms with Crippen LogP contribution in [-0.4, -0.2) is 53.4 Å². The number of fused-ring (bicyclic) bond motifs is 1. The molecule has 0 unspecified atom stereocenters. The van der Waals surface area contributed by atoms with Gasteiger partial charge in [-0.1, -0.05) is 19.4 Å². The minimum atomic E-state index is -3.75. The summed E-state index contributed by atoms with van der Waals surface area (Å²) in [5, 5.41) is 17.7. The zero-order valence-corrected chi connectivity index (χ0v) is 21.7. The highest BCUT2D eigenvalue weighted by atomic mass is 32.2. The number of nitrogens with one attached hydrogen (secondary N) is 2. The Bertz CT molecular complexity index is 1440. The average Bonchev–Trinajstić information content (AvgIpc) is 3.27. The van der Waals surface area contributed by atoms with E-state index in [9.17, 15) is 23.1 Å². The number of H-pyrrole nitrogens is 1. The van der Waals surface area contributed by atoms with E-state index >= 15 is 0 Å². The minimum Gasteiger partial charge on any atom is -0.478 e. The van der Waals surface area contributed by atoms with E-state index in [0.717, 1.165) is 47.6 Å². The fourth-order valence-electron chi connectivity index (χ4n) is 4.82. The first-order chi connectivity index (χ1) is 17.1. The lowest BCUT2D eigenvalue weighted by molar-refractivity contribution is 0.0697. The summed E-state index contributed by atoms with van der Waals surface area (Å²) in [7, 11) is -3.75. The number of aryl methyl sites for hydroxylation is 2. The zero-order valence-electron chi connectivity index (χ0n) is 20.9. The van der Waals surface area contributed by atoms with Crippen molar-refractivity contribution >= 4 is 27.3 Å². The Balaban J connectivity index is 1.58. The van der Waals surface area contributed by atoms with Crippen LogP contribution in [0.2, 0.25) is 0 Å². The van der Waals surface area contributed by atoms with Crippen LogP contribution in [-0.2, 0) is 22.9 Å². The van der Waals surface area contributed by atoms with Gasteiger partial charge in [0.25, 0.3) is 5.56 Å². The van der Waals surface area contributed by atoms with Crippen LogP contribution >= 0.6 is 0 Å². The van der Waals surface area contributed by atoms with Crippen molar-refractivity contribution in [1.29, 1.82) is 0 Å². The fourth-order valence-corrected chi connectivity index (χ4v) is 5.80. The number of aromatic amines is 1. The van der Waals surface area contributed by atoms with E-state index in [1.807, 2.05) is 19.9 Å². The van der Waals surface area contributed by atoms with Gasteiger partial charge in [-0.25, -0.2) is 13.2 Å². The highest BCUT2D eigenvalue weighted by Gasteiger charge is 2.24. The molecule has 0 radical (unpaired) electrons. The standard InChI is InChI=1S/C25H33N5O5S/c1-4-17-10-11-22(19(14-17)25(32)33)29(36(3,34)35)13-7-8-18-16(2)27-23-15-21(28-30(23)24(18)31)20-9-5-6-12-26-20/h10-11,14-15,20,26-27H,4-9,12-13H2,1-3H3,(H,32,33)/t20-/m0/s1. The first-order valence-corrected chi connectivity index (χ1v) is 14.1. The Morgan fingerprint density at radius 3 is 2.69 bits per heavy atom. The molecule has 0 spiro atoms. The predicted octanol–water partition coefficient (Wildman–Crippen LogP) is 2.81. The molecule has 1 saturated heterocycles. The van der Waals surface area contributed by atoms with Crippen LogP contribution in [0, 0.1) is 6.92 Å². The lowest BCUT2D eigenvalue weighted by Gasteiger charge is -2.24. The summed E-state index contributed by atoms with van der Waals surface area (Å²) < 4.78 is 27.7. The second-order valence-electron chi connectivity index (χ2n) is 9.35. The number of aromatic carboxylic acids is 1. The van der Waals surface area contributed by atoms with E-state index < -0.39 is 16.0 Å². The van der Waals surface area contributed by atoms with E-state index in [1.54, 1.807) is 6.07 Å². The third-order valence-corrected chi connectivity index (χ3v) is 7.95. The number of piperidine rings is 1. The summed E-state index contributed by atoms with van der Waals surface area (Å²) in [5.74, 6) is -1.19. The maximum atomic E-state index is 13.3. The van der Waals surface area contributed by atoms with E-state index in [1.165, 1.54) is 16.6 Å². The maximum Gasteiger partial charge on any atom is 0.337 e. The largest absolute Gasteiger partial charge is 0.478 e.